The molecular formula is C18H30N6O3. The Balaban J connectivity index is 2.03. The minimum Gasteiger partial charge on any atom is -0.353 e. The molecule has 2 aliphatic rings. The van der Waals surface area contributed by atoms with Crippen LogP contribution in [0.3, 0.4) is 0 Å². The fraction of sp³-hybridized carbons (Fsp3) is 0.667. The third-order valence-electron chi connectivity index (χ3n) is 5.09. The van der Waals surface area contributed by atoms with Crippen LogP contribution in [0.2, 0.25) is 0 Å². The summed E-state index contributed by atoms with van der Waals surface area (Å²) in [6, 6.07) is -0.433. The lowest BCUT2D eigenvalue weighted by molar-refractivity contribution is -0.127. The van der Waals surface area contributed by atoms with Crippen LogP contribution in [0.4, 0.5) is 4.79 Å². The molecule has 0 saturated carbocycles. The number of piperidine rings is 1. The first-order chi connectivity index (χ1) is 12.6. The Morgan fingerprint density at radius 3 is 2.48 bits per heavy atom. The number of rotatable bonds is 5. The molecule has 2 heterocycles. The van der Waals surface area contributed by atoms with Gasteiger partial charge in [-0.25, -0.2) is 9.79 Å². The SMILES string of the molecule is C=C(C)CNC(=NCC(=O)N(C)C)N1CCC(C2(C)NC(=O)NC2=O)CC1. The van der Waals surface area contributed by atoms with Crippen molar-refractivity contribution in [3.8, 4) is 0 Å². The standard InChI is InChI=1S/C18H30N6O3/c1-12(2)10-19-16(20-11-14(25)23(4)5)24-8-6-13(7-9-24)18(3)15(26)21-17(27)22-18/h13H,1,6-11H2,2-5H3,(H,19,20)(H2,21,22,26,27). The summed E-state index contributed by atoms with van der Waals surface area (Å²) in [5.74, 6) is 0.372. The highest BCUT2D eigenvalue weighted by molar-refractivity contribution is 6.07. The predicted octanol–water partition coefficient (Wildman–Crippen LogP) is -0.0936. The zero-order valence-electron chi connectivity index (χ0n) is 16.6. The molecule has 0 aliphatic carbocycles. The second-order valence-corrected chi connectivity index (χ2v) is 7.61. The average molecular weight is 378 g/mol. The van der Waals surface area contributed by atoms with E-state index in [-0.39, 0.29) is 24.3 Å². The molecule has 0 aromatic heterocycles. The number of imide groups is 1. The van der Waals surface area contributed by atoms with Gasteiger partial charge in [-0.05, 0) is 32.6 Å². The summed E-state index contributed by atoms with van der Waals surface area (Å²) in [6.45, 7) is 9.59. The molecule has 0 aromatic rings. The minimum atomic E-state index is -0.869. The molecule has 1 unspecified atom stereocenters. The first kappa shape index (κ1) is 20.7. The van der Waals surface area contributed by atoms with E-state index >= 15 is 0 Å². The number of aliphatic imine (C=N–C) groups is 1. The van der Waals surface area contributed by atoms with Crippen molar-refractivity contribution in [1.82, 2.24) is 25.8 Å². The van der Waals surface area contributed by atoms with Gasteiger partial charge >= 0.3 is 6.03 Å². The normalized spacial score (nSPS) is 23.7. The van der Waals surface area contributed by atoms with Gasteiger partial charge in [0.2, 0.25) is 5.91 Å². The fourth-order valence-corrected chi connectivity index (χ4v) is 3.29. The number of likely N-dealkylation sites (tertiary alicyclic amines) is 1. The molecule has 150 valence electrons. The molecule has 2 aliphatic heterocycles. The zero-order valence-corrected chi connectivity index (χ0v) is 16.6. The van der Waals surface area contributed by atoms with Crippen molar-refractivity contribution in [1.29, 1.82) is 0 Å². The van der Waals surface area contributed by atoms with Crippen LogP contribution in [0.25, 0.3) is 0 Å². The molecule has 0 radical (unpaired) electrons. The third kappa shape index (κ3) is 4.99. The number of carbonyl (C=O) groups is 3. The highest BCUT2D eigenvalue weighted by Gasteiger charge is 2.48. The van der Waals surface area contributed by atoms with Gasteiger partial charge in [-0.3, -0.25) is 14.9 Å². The lowest BCUT2D eigenvalue weighted by Crippen LogP contribution is -2.55. The van der Waals surface area contributed by atoms with Gasteiger partial charge in [-0.1, -0.05) is 12.2 Å². The largest absolute Gasteiger partial charge is 0.353 e. The van der Waals surface area contributed by atoms with E-state index in [0.717, 1.165) is 18.4 Å². The number of amides is 4. The minimum absolute atomic E-state index is 0.0472. The Bertz CT molecular complexity index is 651. The molecule has 9 heteroatoms. The van der Waals surface area contributed by atoms with Crippen molar-refractivity contribution in [2.45, 2.75) is 32.2 Å². The summed E-state index contributed by atoms with van der Waals surface area (Å²) in [5, 5.41) is 8.33. The monoisotopic (exact) mass is 378 g/mol. The zero-order chi connectivity index (χ0) is 20.2. The molecular weight excluding hydrogens is 348 g/mol. The molecule has 0 bridgehead atoms. The van der Waals surface area contributed by atoms with E-state index < -0.39 is 11.6 Å². The number of nitrogens with zero attached hydrogens (tertiary/aromatic N) is 3. The van der Waals surface area contributed by atoms with Gasteiger partial charge < -0.3 is 20.4 Å². The number of urea groups is 1. The summed E-state index contributed by atoms with van der Waals surface area (Å²) in [7, 11) is 3.40. The molecule has 1 atom stereocenters. The maximum Gasteiger partial charge on any atom is 0.322 e. The van der Waals surface area contributed by atoms with E-state index in [2.05, 4.69) is 32.4 Å². The summed E-state index contributed by atoms with van der Waals surface area (Å²) in [5.41, 5.74) is 0.0985. The van der Waals surface area contributed by atoms with Crippen LogP contribution in [0.1, 0.15) is 26.7 Å². The first-order valence-electron chi connectivity index (χ1n) is 9.15. The Labute approximate surface area is 160 Å². The molecule has 9 nitrogen and oxygen atoms in total. The van der Waals surface area contributed by atoms with Gasteiger partial charge in [0, 0.05) is 33.7 Å². The van der Waals surface area contributed by atoms with E-state index in [0.29, 0.717) is 25.6 Å². The van der Waals surface area contributed by atoms with Crippen LogP contribution >= 0.6 is 0 Å². The smallest absolute Gasteiger partial charge is 0.322 e. The van der Waals surface area contributed by atoms with Crippen LogP contribution in [0, 0.1) is 5.92 Å². The number of hydrogen-bond donors (Lipinski definition) is 3. The second kappa shape index (κ2) is 8.41. The number of likely N-dealkylation sites (N-methyl/N-ethyl adjacent to an activating group) is 1. The Morgan fingerprint density at radius 2 is 2.00 bits per heavy atom. The van der Waals surface area contributed by atoms with Crippen LogP contribution < -0.4 is 16.0 Å². The topological polar surface area (TPSA) is 106 Å². The Kier molecular flexibility index (Phi) is 6.45. The molecule has 4 amide bonds. The van der Waals surface area contributed by atoms with Crippen molar-refractivity contribution in [2.75, 3.05) is 40.3 Å². The predicted molar refractivity (Wildman–Crippen MR) is 103 cm³/mol. The van der Waals surface area contributed by atoms with Gasteiger partial charge in [0.25, 0.3) is 5.91 Å². The van der Waals surface area contributed by atoms with E-state index in [1.54, 1.807) is 21.0 Å². The van der Waals surface area contributed by atoms with Crippen molar-refractivity contribution in [3.05, 3.63) is 12.2 Å². The molecule has 0 spiro atoms. The quantitative estimate of drug-likeness (QED) is 0.268. The van der Waals surface area contributed by atoms with Crippen LogP contribution in [0.15, 0.2) is 17.1 Å². The number of nitrogens with one attached hydrogen (secondary N) is 3. The maximum atomic E-state index is 12.1. The summed E-state index contributed by atoms with van der Waals surface area (Å²) in [6.07, 6.45) is 1.47. The van der Waals surface area contributed by atoms with E-state index in [1.807, 2.05) is 6.92 Å². The van der Waals surface area contributed by atoms with E-state index in [4.69, 9.17) is 0 Å². The average Bonchev–Trinajstić information content (AvgIpc) is 2.87. The van der Waals surface area contributed by atoms with Crippen LogP contribution in [0.5, 0.6) is 0 Å². The molecule has 3 N–H and O–H groups in total. The van der Waals surface area contributed by atoms with Gasteiger partial charge in [0.05, 0.1) is 0 Å². The summed E-state index contributed by atoms with van der Waals surface area (Å²) in [4.78, 5) is 43.6. The van der Waals surface area contributed by atoms with Gasteiger partial charge in [0.15, 0.2) is 5.96 Å². The molecule has 27 heavy (non-hydrogen) atoms. The lowest BCUT2D eigenvalue weighted by atomic mass is 9.79. The van der Waals surface area contributed by atoms with Crippen molar-refractivity contribution < 1.29 is 14.4 Å². The maximum absolute atomic E-state index is 12.1. The summed E-state index contributed by atoms with van der Waals surface area (Å²) >= 11 is 0. The van der Waals surface area contributed by atoms with Gasteiger partial charge in [0.1, 0.15) is 12.1 Å². The van der Waals surface area contributed by atoms with Crippen molar-refractivity contribution in [3.63, 3.8) is 0 Å². The highest BCUT2D eigenvalue weighted by atomic mass is 16.2. The lowest BCUT2D eigenvalue weighted by Gasteiger charge is -2.39. The molecule has 2 rings (SSSR count). The second-order valence-electron chi connectivity index (χ2n) is 7.61. The molecule has 2 fully saturated rings. The van der Waals surface area contributed by atoms with Crippen molar-refractivity contribution >= 4 is 23.8 Å². The van der Waals surface area contributed by atoms with Crippen LogP contribution in [-0.2, 0) is 9.59 Å². The Morgan fingerprint density at radius 1 is 1.37 bits per heavy atom. The first-order valence-corrected chi connectivity index (χ1v) is 9.15. The molecule has 2 saturated heterocycles. The van der Waals surface area contributed by atoms with Gasteiger partial charge in [-0.15, -0.1) is 0 Å². The Hall–Kier alpha value is -2.58. The van der Waals surface area contributed by atoms with E-state index in [9.17, 15) is 14.4 Å². The fourth-order valence-electron chi connectivity index (χ4n) is 3.29. The summed E-state index contributed by atoms with van der Waals surface area (Å²) < 4.78 is 0. The van der Waals surface area contributed by atoms with Crippen molar-refractivity contribution in [2.24, 2.45) is 10.9 Å². The van der Waals surface area contributed by atoms with E-state index in [1.165, 1.54) is 4.90 Å². The number of hydrogen-bond acceptors (Lipinski definition) is 4. The third-order valence-corrected chi connectivity index (χ3v) is 5.09. The molecule has 0 aromatic carbocycles. The van der Waals surface area contributed by atoms with Crippen LogP contribution in [-0.4, -0.2) is 79.4 Å². The number of guanidine groups is 1. The van der Waals surface area contributed by atoms with Gasteiger partial charge in [-0.2, -0.15) is 0 Å². The highest BCUT2D eigenvalue weighted by Crippen LogP contribution is 2.30. The number of carbonyl (C=O) groups excluding carboxylic acids is 3.